The highest BCUT2D eigenvalue weighted by Gasteiger charge is 2.20. The molecule has 0 spiro atoms. The number of nitrogens with one attached hydrogen (secondary N) is 1. The van der Waals surface area contributed by atoms with E-state index < -0.39 is 0 Å². The normalized spacial score (nSPS) is 14.6. The molecule has 1 unspecified atom stereocenters. The van der Waals surface area contributed by atoms with Crippen molar-refractivity contribution < 1.29 is 0 Å². The van der Waals surface area contributed by atoms with E-state index in [4.69, 9.17) is 0 Å². The predicted molar refractivity (Wildman–Crippen MR) is 69.7 cm³/mol. The summed E-state index contributed by atoms with van der Waals surface area (Å²) in [6.45, 7) is 11.3. The molecule has 1 aromatic rings. The van der Waals surface area contributed by atoms with Crippen molar-refractivity contribution in [2.75, 3.05) is 7.05 Å². The molecule has 0 amide bonds. The molecule has 1 heterocycles. The van der Waals surface area contributed by atoms with E-state index >= 15 is 0 Å². The van der Waals surface area contributed by atoms with E-state index in [0.717, 1.165) is 0 Å². The minimum absolute atomic E-state index is 0.276. The van der Waals surface area contributed by atoms with Crippen LogP contribution in [0.5, 0.6) is 0 Å². The topological polar surface area (TPSA) is 12.0 Å². The molecule has 0 radical (unpaired) electrons. The van der Waals surface area contributed by atoms with Gasteiger partial charge in [0.15, 0.2) is 0 Å². The molecule has 15 heavy (non-hydrogen) atoms. The summed E-state index contributed by atoms with van der Waals surface area (Å²) in [5.41, 5.74) is 0.276. The smallest absolute Gasteiger partial charge is 0.0435 e. The van der Waals surface area contributed by atoms with E-state index in [2.05, 4.69) is 52.1 Å². The first-order chi connectivity index (χ1) is 6.86. The van der Waals surface area contributed by atoms with Crippen molar-refractivity contribution in [3.63, 3.8) is 0 Å². The molecule has 2 heteroatoms. The zero-order chi connectivity index (χ0) is 11.6. The molecule has 86 valence electrons. The Morgan fingerprint density at radius 1 is 1.20 bits per heavy atom. The fourth-order valence-corrected chi connectivity index (χ4v) is 3.08. The van der Waals surface area contributed by atoms with Crippen LogP contribution in [0.25, 0.3) is 0 Å². The number of rotatable bonds is 3. The van der Waals surface area contributed by atoms with Crippen molar-refractivity contribution in [3.8, 4) is 0 Å². The standard InChI is InChI=1S/C13H23NS/c1-9(2)12(14-6)10-7-8-11(15-10)13(3,4)5/h7-9,12,14H,1-6H3. The van der Waals surface area contributed by atoms with Gasteiger partial charge in [-0.25, -0.2) is 0 Å². The van der Waals surface area contributed by atoms with Crippen LogP contribution in [0, 0.1) is 5.92 Å². The van der Waals surface area contributed by atoms with E-state index in [1.54, 1.807) is 0 Å². The van der Waals surface area contributed by atoms with Gasteiger partial charge in [0.05, 0.1) is 0 Å². The second-order valence-electron chi connectivity index (χ2n) is 5.46. The number of hydrogen-bond donors (Lipinski definition) is 1. The number of hydrogen-bond acceptors (Lipinski definition) is 2. The van der Waals surface area contributed by atoms with E-state index in [9.17, 15) is 0 Å². The molecule has 0 aliphatic rings. The molecule has 0 aliphatic carbocycles. The summed E-state index contributed by atoms with van der Waals surface area (Å²) in [7, 11) is 2.04. The van der Waals surface area contributed by atoms with Gasteiger partial charge in [-0.3, -0.25) is 0 Å². The Hall–Kier alpha value is -0.340. The molecule has 0 aromatic carbocycles. The lowest BCUT2D eigenvalue weighted by Crippen LogP contribution is -2.20. The minimum atomic E-state index is 0.276. The van der Waals surface area contributed by atoms with E-state index in [1.807, 2.05) is 18.4 Å². The van der Waals surface area contributed by atoms with Crippen molar-refractivity contribution >= 4 is 11.3 Å². The van der Waals surface area contributed by atoms with Crippen LogP contribution in [0.15, 0.2) is 12.1 Å². The van der Waals surface area contributed by atoms with Crippen molar-refractivity contribution in [1.29, 1.82) is 0 Å². The molecule has 0 aliphatic heterocycles. The van der Waals surface area contributed by atoms with Crippen LogP contribution < -0.4 is 5.32 Å². The van der Waals surface area contributed by atoms with Crippen molar-refractivity contribution in [1.82, 2.24) is 5.32 Å². The third-order valence-electron chi connectivity index (χ3n) is 2.65. The fourth-order valence-electron chi connectivity index (χ4n) is 1.73. The second kappa shape index (κ2) is 4.67. The first kappa shape index (κ1) is 12.7. The van der Waals surface area contributed by atoms with Gasteiger partial charge in [0, 0.05) is 15.8 Å². The second-order valence-corrected chi connectivity index (χ2v) is 6.58. The van der Waals surface area contributed by atoms with Gasteiger partial charge in [0.25, 0.3) is 0 Å². The summed E-state index contributed by atoms with van der Waals surface area (Å²) in [6.07, 6.45) is 0. The van der Waals surface area contributed by atoms with Crippen LogP contribution in [0.2, 0.25) is 0 Å². The molecule has 0 saturated heterocycles. The maximum absolute atomic E-state index is 3.39. The maximum Gasteiger partial charge on any atom is 0.0435 e. The van der Waals surface area contributed by atoms with Crippen LogP contribution in [-0.2, 0) is 5.41 Å². The zero-order valence-electron chi connectivity index (χ0n) is 10.7. The highest BCUT2D eigenvalue weighted by Crippen LogP contribution is 2.34. The average molecular weight is 225 g/mol. The fraction of sp³-hybridized carbons (Fsp3) is 0.692. The van der Waals surface area contributed by atoms with Crippen molar-refractivity contribution in [3.05, 3.63) is 21.9 Å². The van der Waals surface area contributed by atoms with E-state index in [-0.39, 0.29) is 5.41 Å². The molecule has 1 nitrogen and oxygen atoms in total. The Morgan fingerprint density at radius 3 is 2.13 bits per heavy atom. The first-order valence-electron chi connectivity index (χ1n) is 5.63. The average Bonchev–Trinajstić information content (AvgIpc) is 2.52. The zero-order valence-corrected chi connectivity index (χ0v) is 11.5. The van der Waals surface area contributed by atoms with Gasteiger partial charge in [-0.15, -0.1) is 11.3 Å². The largest absolute Gasteiger partial charge is 0.312 e. The van der Waals surface area contributed by atoms with Gasteiger partial charge in [-0.1, -0.05) is 34.6 Å². The van der Waals surface area contributed by atoms with Crippen LogP contribution in [-0.4, -0.2) is 7.05 Å². The Morgan fingerprint density at radius 2 is 1.80 bits per heavy atom. The lowest BCUT2D eigenvalue weighted by atomic mass is 9.95. The molecular weight excluding hydrogens is 202 g/mol. The number of thiophene rings is 1. The van der Waals surface area contributed by atoms with Gasteiger partial charge in [-0.2, -0.15) is 0 Å². The van der Waals surface area contributed by atoms with Crippen molar-refractivity contribution in [2.24, 2.45) is 5.92 Å². The van der Waals surface area contributed by atoms with Crippen LogP contribution in [0.3, 0.4) is 0 Å². The summed E-state index contributed by atoms with van der Waals surface area (Å²) in [4.78, 5) is 2.93. The lowest BCUT2D eigenvalue weighted by molar-refractivity contribution is 0.449. The third-order valence-corrected chi connectivity index (χ3v) is 4.24. The Kier molecular flexibility index (Phi) is 3.96. The predicted octanol–water partition coefficient (Wildman–Crippen LogP) is 3.96. The van der Waals surface area contributed by atoms with Gasteiger partial charge in [0.1, 0.15) is 0 Å². The SMILES string of the molecule is CNC(c1ccc(C(C)(C)C)s1)C(C)C. The van der Waals surface area contributed by atoms with Crippen LogP contribution >= 0.6 is 11.3 Å². The van der Waals surface area contributed by atoms with E-state index in [1.165, 1.54) is 9.75 Å². The molecule has 1 rings (SSSR count). The van der Waals surface area contributed by atoms with Gasteiger partial charge in [0.2, 0.25) is 0 Å². The molecule has 1 atom stereocenters. The molecule has 1 N–H and O–H groups in total. The summed E-state index contributed by atoms with van der Waals surface area (Å²) in [5.74, 6) is 0.640. The Bertz CT molecular complexity index is 307. The van der Waals surface area contributed by atoms with Crippen LogP contribution in [0.1, 0.15) is 50.4 Å². The minimum Gasteiger partial charge on any atom is -0.312 e. The highest BCUT2D eigenvalue weighted by atomic mass is 32.1. The van der Waals surface area contributed by atoms with Crippen LogP contribution in [0.4, 0.5) is 0 Å². The first-order valence-corrected chi connectivity index (χ1v) is 6.45. The Balaban J connectivity index is 2.92. The highest BCUT2D eigenvalue weighted by molar-refractivity contribution is 7.12. The van der Waals surface area contributed by atoms with E-state index in [0.29, 0.717) is 12.0 Å². The lowest BCUT2D eigenvalue weighted by Gasteiger charge is -2.19. The van der Waals surface area contributed by atoms with Gasteiger partial charge >= 0.3 is 0 Å². The molecular formula is C13H23NS. The molecule has 0 bridgehead atoms. The van der Waals surface area contributed by atoms with Crippen molar-refractivity contribution in [2.45, 2.75) is 46.1 Å². The summed E-state index contributed by atoms with van der Waals surface area (Å²) < 4.78 is 0. The van der Waals surface area contributed by atoms with Gasteiger partial charge in [-0.05, 0) is 30.5 Å². The maximum atomic E-state index is 3.39. The quantitative estimate of drug-likeness (QED) is 0.821. The summed E-state index contributed by atoms with van der Waals surface area (Å²) >= 11 is 1.94. The molecule has 0 saturated carbocycles. The molecule has 1 aromatic heterocycles. The monoisotopic (exact) mass is 225 g/mol. The summed E-state index contributed by atoms with van der Waals surface area (Å²) in [6, 6.07) is 5.03. The summed E-state index contributed by atoms with van der Waals surface area (Å²) in [5, 5.41) is 3.39. The third kappa shape index (κ3) is 3.05. The Labute approximate surface area is 97.9 Å². The molecule has 0 fully saturated rings. The van der Waals surface area contributed by atoms with Gasteiger partial charge < -0.3 is 5.32 Å².